The summed E-state index contributed by atoms with van der Waals surface area (Å²) in [6.07, 6.45) is 1.59. The molecule has 0 N–H and O–H groups in total. The number of hydrogen-bond acceptors (Lipinski definition) is 6. The minimum absolute atomic E-state index is 0.0382. The molecule has 8 heteroatoms. The number of carbonyl (C=O) groups excluding carboxylic acids is 1. The molecule has 1 aliphatic rings. The van der Waals surface area contributed by atoms with Gasteiger partial charge in [-0.05, 0) is 13.0 Å². The van der Waals surface area contributed by atoms with Crippen molar-refractivity contribution in [2.45, 2.75) is 6.92 Å². The highest BCUT2D eigenvalue weighted by Crippen LogP contribution is 2.19. The van der Waals surface area contributed by atoms with E-state index in [0.29, 0.717) is 18.7 Å². The van der Waals surface area contributed by atoms with Gasteiger partial charge < -0.3 is 14.4 Å². The highest BCUT2D eigenvalue weighted by molar-refractivity contribution is 7.09. The number of aromatic nitrogens is 3. The summed E-state index contributed by atoms with van der Waals surface area (Å²) >= 11 is 1.39. The fourth-order valence-electron chi connectivity index (χ4n) is 2.42. The second-order valence-corrected chi connectivity index (χ2v) is 6.00. The maximum absolute atomic E-state index is 12.5. The van der Waals surface area contributed by atoms with Crippen LogP contribution < -0.4 is 10.5 Å². The zero-order valence-corrected chi connectivity index (χ0v) is 13.3. The SMILES string of the molecule is Cc1nsc(N2CCN(C(=O)c3ccc(=O)n(C)c3)CC2)n1. The topological polar surface area (TPSA) is 71.3 Å². The van der Waals surface area contributed by atoms with Gasteiger partial charge >= 0.3 is 0 Å². The smallest absolute Gasteiger partial charge is 0.255 e. The lowest BCUT2D eigenvalue weighted by atomic mass is 10.2. The summed E-state index contributed by atoms with van der Waals surface area (Å²) in [6, 6.07) is 3.01. The molecule has 7 nitrogen and oxygen atoms in total. The highest BCUT2D eigenvalue weighted by atomic mass is 32.1. The molecule has 0 aromatic carbocycles. The summed E-state index contributed by atoms with van der Waals surface area (Å²) in [4.78, 5) is 32.2. The number of carbonyl (C=O) groups is 1. The van der Waals surface area contributed by atoms with Gasteiger partial charge in [0.2, 0.25) is 10.7 Å². The summed E-state index contributed by atoms with van der Waals surface area (Å²) in [5, 5.41) is 0.909. The lowest BCUT2D eigenvalue weighted by molar-refractivity contribution is 0.0746. The zero-order valence-electron chi connectivity index (χ0n) is 12.5. The molecule has 0 saturated carbocycles. The van der Waals surface area contributed by atoms with Gasteiger partial charge in [-0.15, -0.1) is 0 Å². The summed E-state index contributed by atoms with van der Waals surface area (Å²) in [5.41, 5.74) is 0.426. The summed E-state index contributed by atoms with van der Waals surface area (Å²) < 4.78 is 5.61. The van der Waals surface area contributed by atoms with E-state index in [1.165, 1.54) is 22.2 Å². The lowest BCUT2D eigenvalue weighted by Gasteiger charge is -2.34. The van der Waals surface area contributed by atoms with Crippen LogP contribution in [0.4, 0.5) is 5.13 Å². The van der Waals surface area contributed by atoms with E-state index in [1.807, 2.05) is 11.8 Å². The minimum Gasteiger partial charge on any atom is -0.343 e. The van der Waals surface area contributed by atoms with Crippen molar-refractivity contribution in [3.8, 4) is 0 Å². The number of anilines is 1. The van der Waals surface area contributed by atoms with Crippen LogP contribution in [0.25, 0.3) is 0 Å². The van der Waals surface area contributed by atoms with Crippen LogP contribution in [-0.2, 0) is 7.05 Å². The largest absolute Gasteiger partial charge is 0.343 e. The van der Waals surface area contributed by atoms with Gasteiger partial charge in [-0.25, -0.2) is 4.98 Å². The summed E-state index contributed by atoms with van der Waals surface area (Å²) in [6.45, 7) is 4.64. The van der Waals surface area contributed by atoms with Crippen LogP contribution in [0.3, 0.4) is 0 Å². The molecule has 0 spiro atoms. The Morgan fingerprint density at radius 1 is 1.23 bits per heavy atom. The van der Waals surface area contributed by atoms with E-state index < -0.39 is 0 Å². The molecule has 22 heavy (non-hydrogen) atoms. The molecule has 116 valence electrons. The monoisotopic (exact) mass is 319 g/mol. The molecule has 1 aliphatic heterocycles. The van der Waals surface area contributed by atoms with Crippen LogP contribution in [0.15, 0.2) is 23.1 Å². The van der Waals surface area contributed by atoms with E-state index in [0.717, 1.165) is 24.0 Å². The van der Waals surface area contributed by atoms with Crippen molar-refractivity contribution >= 4 is 22.6 Å². The number of pyridine rings is 1. The average molecular weight is 319 g/mol. The first-order valence-corrected chi connectivity index (χ1v) is 7.83. The van der Waals surface area contributed by atoms with Gasteiger partial charge in [0.25, 0.3) is 5.91 Å². The molecule has 1 saturated heterocycles. The third kappa shape index (κ3) is 2.87. The molecule has 2 aromatic rings. The maximum Gasteiger partial charge on any atom is 0.255 e. The molecule has 2 aromatic heterocycles. The van der Waals surface area contributed by atoms with Crippen molar-refractivity contribution in [3.63, 3.8) is 0 Å². The lowest BCUT2D eigenvalue weighted by Crippen LogP contribution is -2.49. The molecule has 3 rings (SSSR count). The normalized spacial score (nSPS) is 15.2. The predicted molar refractivity (Wildman–Crippen MR) is 84.4 cm³/mol. The minimum atomic E-state index is -0.118. The van der Waals surface area contributed by atoms with E-state index in [2.05, 4.69) is 14.3 Å². The Morgan fingerprint density at radius 2 is 1.95 bits per heavy atom. The molecule has 1 amide bonds. The molecule has 1 fully saturated rings. The van der Waals surface area contributed by atoms with Gasteiger partial charge in [-0.3, -0.25) is 9.59 Å². The molecule has 0 radical (unpaired) electrons. The van der Waals surface area contributed by atoms with Crippen LogP contribution in [0.2, 0.25) is 0 Å². The second kappa shape index (κ2) is 5.88. The van der Waals surface area contributed by atoms with E-state index in [4.69, 9.17) is 0 Å². The number of hydrogen-bond donors (Lipinski definition) is 0. The average Bonchev–Trinajstić information content (AvgIpc) is 2.96. The standard InChI is InChI=1S/C14H17N5O2S/c1-10-15-14(22-16-10)19-7-5-18(6-8-19)13(21)11-3-4-12(20)17(2)9-11/h3-4,9H,5-8H2,1-2H3. The quantitative estimate of drug-likeness (QED) is 0.806. The number of amides is 1. The maximum atomic E-state index is 12.5. The highest BCUT2D eigenvalue weighted by Gasteiger charge is 2.24. The van der Waals surface area contributed by atoms with Gasteiger partial charge in [-0.1, -0.05) is 0 Å². The Bertz CT molecular complexity index is 746. The molecule has 0 bridgehead atoms. The number of nitrogens with zero attached hydrogens (tertiary/aromatic N) is 5. The first-order valence-electron chi connectivity index (χ1n) is 7.06. The Morgan fingerprint density at radius 3 is 2.55 bits per heavy atom. The van der Waals surface area contributed by atoms with E-state index in [-0.39, 0.29) is 11.5 Å². The van der Waals surface area contributed by atoms with Crippen LogP contribution >= 0.6 is 11.5 Å². The number of rotatable bonds is 2. The summed E-state index contributed by atoms with van der Waals surface area (Å²) in [5.74, 6) is 0.743. The third-order valence-electron chi connectivity index (χ3n) is 3.69. The Hall–Kier alpha value is -2.22. The van der Waals surface area contributed by atoms with Crippen LogP contribution in [-0.4, -0.2) is 50.9 Å². The Balaban J connectivity index is 1.66. The molecule has 0 atom stereocenters. The van der Waals surface area contributed by atoms with Crippen LogP contribution in [0.5, 0.6) is 0 Å². The first kappa shape index (κ1) is 14.7. The van der Waals surface area contributed by atoms with Gasteiger partial charge in [-0.2, -0.15) is 4.37 Å². The van der Waals surface area contributed by atoms with Crippen molar-refractivity contribution in [1.82, 2.24) is 18.8 Å². The van der Waals surface area contributed by atoms with Gasteiger partial charge in [0, 0.05) is 57.0 Å². The van der Waals surface area contributed by atoms with Crippen molar-refractivity contribution < 1.29 is 4.79 Å². The van der Waals surface area contributed by atoms with Gasteiger partial charge in [0.05, 0.1) is 5.56 Å². The molecular weight excluding hydrogens is 302 g/mol. The van der Waals surface area contributed by atoms with Crippen molar-refractivity contribution in [2.75, 3.05) is 31.1 Å². The fourth-order valence-corrected chi connectivity index (χ4v) is 3.14. The Kier molecular flexibility index (Phi) is 3.93. The third-order valence-corrected chi connectivity index (χ3v) is 4.56. The Labute approximate surface area is 132 Å². The first-order chi connectivity index (χ1) is 10.5. The molecule has 0 aliphatic carbocycles. The summed E-state index contributed by atoms with van der Waals surface area (Å²) in [7, 11) is 1.65. The number of piperazine rings is 1. The van der Waals surface area contributed by atoms with Gasteiger partial charge in [0.15, 0.2) is 0 Å². The molecule has 3 heterocycles. The van der Waals surface area contributed by atoms with Crippen molar-refractivity contribution in [2.24, 2.45) is 7.05 Å². The predicted octanol–water partition coefficient (Wildman–Crippen LogP) is 0.508. The van der Waals surface area contributed by atoms with E-state index in [9.17, 15) is 9.59 Å². The van der Waals surface area contributed by atoms with Gasteiger partial charge in [0.1, 0.15) is 5.82 Å². The molecule has 0 unspecified atom stereocenters. The fraction of sp³-hybridized carbons (Fsp3) is 0.429. The van der Waals surface area contributed by atoms with E-state index >= 15 is 0 Å². The van der Waals surface area contributed by atoms with E-state index in [1.54, 1.807) is 19.3 Å². The zero-order chi connectivity index (χ0) is 15.7. The second-order valence-electron chi connectivity index (χ2n) is 5.27. The number of aryl methyl sites for hydroxylation is 2. The van der Waals surface area contributed by atoms with Crippen molar-refractivity contribution in [1.29, 1.82) is 0 Å². The van der Waals surface area contributed by atoms with Crippen molar-refractivity contribution in [3.05, 3.63) is 40.1 Å². The van der Waals surface area contributed by atoms with Crippen LogP contribution in [0.1, 0.15) is 16.2 Å². The van der Waals surface area contributed by atoms with Crippen LogP contribution in [0, 0.1) is 6.92 Å². The molecular formula is C14H17N5O2S.